The van der Waals surface area contributed by atoms with Crippen molar-refractivity contribution >= 4 is 11.9 Å². The number of ether oxygens (including phenoxy) is 3. The molecule has 3 heterocycles. The summed E-state index contributed by atoms with van der Waals surface area (Å²) >= 11 is 0. The molecule has 0 radical (unpaired) electrons. The van der Waals surface area contributed by atoms with E-state index in [9.17, 15) is 24.9 Å². The highest BCUT2D eigenvalue weighted by molar-refractivity contribution is 5.83. The maximum Gasteiger partial charge on any atom is 0.413 e. The Labute approximate surface area is 224 Å². The van der Waals surface area contributed by atoms with Crippen molar-refractivity contribution in [1.29, 1.82) is 0 Å². The first kappa shape index (κ1) is 25.8. The van der Waals surface area contributed by atoms with Crippen LogP contribution in [0.25, 0.3) is 0 Å². The van der Waals surface area contributed by atoms with E-state index in [4.69, 9.17) is 24.0 Å². The predicted molar refractivity (Wildman–Crippen MR) is 130 cm³/mol. The Balaban J connectivity index is 0.976. The van der Waals surface area contributed by atoms with Gasteiger partial charge in [0.1, 0.15) is 30.2 Å². The highest BCUT2D eigenvalue weighted by atomic mass is 17.3. The Bertz CT molecular complexity index is 1150. The van der Waals surface area contributed by atoms with Crippen molar-refractivity contribution < 1.29 is 44.1 Å². The van der Waals surface area contributed by atoms with E-state index < -0.39 is 60.6 Å². The van der Waals surface area contributed by atoms with E-state index in [1.807, 2.05) is 0 Å². The number of amides is 1. The van der Waals surface area contributed by atoms with Crippen LogP contribution in [0, 0.1) is 23.7 Å². The first-order valence-corrected chi connectivity index (χ1v) is 14.0. The molecule has 6 atom stereocenters. The molecule has 2 spiro atoms. The van der Waals surface area contributed by atoms with Gasteiger partial charge in [0.25, 0.3) is 0 Å². The monoisotopic (exact) mass is 549 g/mol. The Morgan fingerprint density at radius 2 is 1.87 bits per heavy atom. The fraction of sp³-hybridized carbons (Fsp3) is 0.808. The van der Waals surface area contributed by atoms with Gasteiger partial charge in [0.15, 0.2) is 6.23 Å². The van der Waals surface area contributed by atoms with Crippen molar-refractivity contribution in [1.82, 2.24) is 9.55 Å². The summed E-state index contributed by atoms with van der Waals surface area (Å²) in [6, 6.07) is 1.35. The number of aromatic nitrogens is 2. The molecule has 13 nitrogen and oxygen atoms in total. The lowest BCUT2D eigenvalue weighted by molar-refractivity contribution is -0.390. The standard InChI is InChI=1S/C26H35N3O10/c30-12-18-20(31)21(32)22(36-18)29-5-3-19(27-23(29)33)28-24(34)35-17-2-1-4-25(11-17)37-26(39-38-25)15-7-13-6-14(9-15)10-16(26)8-13/h3,5,13-18,20-22,30-32H,1-2,4,6-12H2,(H,27,28,33,34). The lowest BCUT2D eigenvalue weighted by Gasteiger charge is -2.57. The summed E-state index contributed by atoms with van der Waals surface area (Å²) in [4.78, 5) is 41.1. The van der Waals surface area contributed by atoms with Crippen molar-refractivity contribution in [2.45, 2.75) is 100 Å². The third-order valence-electron chi connectivity index (χ3n) is 9.69. The zero-order valence-corrected chi connectivity index (χ0v) is 21.5. The number of nitrogens with one attached hydrogen (secondary N) is 1. The lowest BCUT2D eigenvalue weighted by atomic mass is 9.53. The van der Waals surface area contributed by atoms with Crippen molar-refractivity contribution in [3.8, 4) is 0 Å². The average Bonchev–Trinajstić information content (AvgIpc) is 3.40. The molecule has 4 N–H and O–H groups in total. The van der Waals surface area contributed by atoms with E-state index in [1.165, 1.54) is 18.7 Å². The van der Waals surface area contributed by atoms with E-state index >= 15 is 0 Å². The number of aliphatic hydroxyl groups is 3. The van der Waals surface area contributed by atoms with E-state index in [0.29, 0.717) is 31.1 Å². The quantitative estimate of drug-likeness (QED) is 0.398. The van der Waals surface area contributed by atoms with Crippen LogP contribution in [-0.4, -0.2) is 73.6 Å². The molecule has 6 unspecified atom stereocenters. The van der Waals surface area contributed by atoms with Crippen molar-refractivity contribution in [3.05, 3.63) is 22.7 Å². The van der Waals surface area contributed by atoms with Crippen molar-refractivity contribution in [2.75, 3.05) is 11.9 Å². The van der Waals surface area contributed by atoms with Crippen LogP contribution in [0.4, 0.5) is 10.6 Å². The van der Waals surface area contributed by atoms with Gasteiger partial charge in [-0.25, -0.2) is 9.59 Å². The van der Waals surface area contributed by atoms with Gasteiger partial charge >= 0.3 is 11.8 Å². The summed E-state index contributed by atoms with van der Waals surface area (Å²) in [5.41, 5.74) is -0.815. The third kappa shape index (κ3) is 4.30. The average molecular weight is 550 g/mol. The van der Waals surface area contributed by atoms with Gasteiger partial charge in [-0.15, -0.1) is 0 Å². The fourth-order valence-corrected chi connectivity index (χ4v) is 8.10. The maximum atomic E-state index is 12.7. The molecule has 214 valence electrons. The number of nitrogens with zero attached hydrogens (tertiary/aromatic N) is 2. The highest BCUT2D eigenvalue weighted by Gasteiger charge is 2.67. The Kier molecular flexibility index (Phi) is 6.27. The van der Waals surface area contributed by atoms with Crippen LogP contribution >= 0.6 is 0 Å². The minimum atomic E-state index is -1.42. The van der Waals surface area contributed by atoms with Gasteiger partial charge in [0, 0.05) is 30.9 Å². The smallest absolute Gasteiger partial charge is 0.413 e. The Hall–Kier alpha value is -2.13. The number of anilines is 1. The molecule has 1 aromatic heterocycles. The SMILES string of the molecule is O=C(Nc1ccn(C2OC(CO)C(O)C2O)c(=O)n1)OC1CCCC2(C1)OOC1(O2)C2CC3CC(C2)CC1C3. The highest BCUT2D eigenvalue weighted by Crippen LogP contribution is 2.63. The summed E-state index contributed by atoms with van der Waals surface area (Å²) in [7, 11) is 0. The minimum Gasteiger partial charge on any atom is -0.446 e. The van der Waals surface area contributed by atoms with Crippen LogP contribution < -0.4 is 11.0 Å². The number of hydrogen-bond donors (Lipinski definition) is 4. The normalized spacial score (nSPS) is 46.3. The number of carbonyl (C=O) groups excluding carboxylic acids is 1. The maximum absolute atomic E-state index is 12.7. The largest absolute Gasteiger partial charge is 0.446 e. The molecule has 2 saturated heterocycles. The van der Waals surface area contributed by atoms with E-state index in [1.54, 1.807) is 0 Å². The second-order valence-corrected chi connectivity index (χ2v) is 12.2. The molecule has 5 aliphatic carbocycles. The summed E-state index contributed by atoms with van der Waals surface area (Å²) in [5, 5.41) is 31.8. The number of carbonyl (C=O) groups is 1. The van der Waals surface area contributed by atoms with Gasteiger partial charge in [-0.3, -0.25) is 9.88 Å². The predicted octanol–water partition coefficient (Wildman–Crippen LogP) is 1.17. The molecule has 8 rings (SSSR count). The zero-order valence-electron chi connectivity index (χ0n) is 21.5. The van der Waals surface area contributed by atoms with Crippen molar-refractivity contribution in [3.63, 3.8) is 0 Å². The van der Waals surface area contributed by atoms with Crippen LogP contribution in [-0.2, 0) is 24.0 Å². The molecule has 0 aromatic carbocycles. The summed E-state index contributed by atoms with van der Waals surface area (Å²) in [5.74, 6) is 0.569. The number of rotatable bonds is 4. The van der Waals surface area contributed by atoms with Crippen LogP contribution in [0.1, 0.15) is 64.0 Å². The molecular formula is C26H35N3O10. The summed E-state index contributed by atoms with van der Waals surface area (Å²) < 4.78 is 18.7. The van der Waals surface area contributed by atoms with Gasteiger partial charge in [-0.2, -0.15) is 14.8 Å². The summed E-state index contributed by atoms with van der Waals surface area (Å²) in [6.07, 6.45) is 3.25. The van der Waals surface area contributed by atoms with E-state index in [-0.39, 0.29) is 5.82 Å². The second kappa shape index (κ2) is 9.47. The van der Waals surface area contributed by atoms with E-state index in [2.05, 4.69) is 10.3 Å². The van der Waals surface area contributed by atoms with Gasteiger partial charge in [-0.1, -0.05) is 0 Å². The summed E-state index contributed by atoms with van der Waals surface area (Å²) in [6.45, 7) is -0.518. The number of aliphatic hydroxyl groups excluding tert-OH is 3. The van der Waals surface area contributed by atoms with Gasteiger partial charge in [0.05, 0.1) is 6.61 Å². The molecule has 2 aliphatic heterocycles. The third-order valence-corrected chi connectivity index (χ3v) is 9.69. The second-order valence-electron chi connectivity index (χ2n) is 12.2. The van der Waals surface area contributed by atoms with E-state index in [0.717, 1.165) is 48.5 Å². The molecule has 4 bridgehead atoms. The van der Waals surface area contributed by atoms with Gasteiger partial charge < -0.3 is 29.5 Å². The molecule has 7 fully saturated rings. The molecular weight excluding hydrogens is 514 g/mol. The molecule has 1 aromatic rings. The van der Waals surface area contributed by atoms with Crippen LogP contribution in [0.15, 0.2) is 17.1 Å². The molecule has 13 heteroatoms. The van der Waals surface area contributed by atoms with Crippen LogP contribution in [0.3, 0.4) is 0 Å². The van der Waals surface area contributed by atoms with Crippen molar-refractivity contribution in [2.24, 2.45) is 23.7 Å². The minimum absolute atomic E-state index is 0.0391. The molecule has 39 heavy (non-hydrogen) atoms. The zero-order chi connectivity index (χ0) is 26.9. The number of hydrogen-bond acceptors (Lipinski definition) is 11. The Morgan fingerprint density at radius 1 is 1.13 bits per heavy atom. The van der Waals surface area contributed by atoms with Gasteiger partial charge in [-0.05, 0) is 62.8 Å². The lowest BCUT2D eigenvalue weighted by Crippen LogP contribution is -2.59. The molecule has 5 saturated carbocycles. The first-order valence-electron chi connectivity index (χ1n) is 14.0. The van der Waals surface area contributed by atoms with Crippen LogP contribution in [0.2, 0.25) is 0 Å². The Morgan fingerprint density at radius 3 is 2.54 bits per heavy atom. The first-order chi connectivity index (χ1) is 18.8. The van der Waals surface area contributed by atoms with Crippen LogP contribution in [0.5, 0.6) is 0 Å². The fourth-order valence-electron chi connectivity index (χ4n) is 8.10. The topological polar surface area (TPSA) is 171 Å². The molecule has 1 amide bonds. The molecule has 7 aliphatic rings. The van der Waals surface area contributed by atoms with Gasteiger partial charge in [0.2, 0.25) is 11.6 Å².